The van der Waals surface area contributed by atoms with Crippen LogP contribution in [0.15, 0.2) is 20.5 Å². The number of thiazole rings is 1. The number of rotatable bonds is 5. The van der Waals surface area contributed by atoms with Gasteiger partial charge in [0.25, 0.3) is 5.91 Å². The summed E-state index contributed by atoms with van der Waals surface area (Å²) < 4.78 is 10.4. The average Bonchev–Trinajstić information content (AvgIpc) is 2.96. The molecule has 3 heterocycles. The zero-order chi connectivity index (χ0) is 15.8. The van der Waals surface area contributed by atoms with Crippen LogP contribution < -0.4 is 5.32 Å². The van der Waals surface area contributed by atoms with Crippen molar-refractivity contribution in [2.24, 2.45) is 0 Å². The van der Waals surface area contributed by atoms with E-state index in [0.717, 1.165) is 23.6 Å². The predicted octanol–water partition coefficient (Wildman–Crippen LogP) is 2.30. The molecule has 0 unspecified atom stereocenters. The van der Waals surface area contributed by atoms with Crippen molar-refractivity contribution in [2.45, 2.75) is 32.2 Å². The number of carbonyl (C=O) groups is 1. The molecule has 1 N–H and O–H groups in total. The zero-order valence-corrected chi connectivity index (χ0v) is 13.1. The standard InChI is InChI=1S/C14H13N5O3S/c1-7-16-10(6-23-7)14(20)15-5-12-17-13(19-22-12)9-4-11(21-18-9)8-2-3-8/h4,6,8H,2-3,5H2,1H3,(H,15,20). The highest BCUT2D eigenvalue weighted by Gasteiger charge is 2.28. The van der Waals surface area contributed by atoms with Gasteiger partial charge in [-0.05, 0) is 19.8 Å². The lowest BCUT2D eigenvalue weighted by atomic mass is 10.3. The number of aromatic nitrogens is 4. The predicted molar refractivity (Wildman–Crippen MR) is 79.8 cm³/mol. The van der Waals surface area contributed by atoms with E-state index in [4.69, 9.17) is 9.05 Å². The smallest absolute Gasteiger partial charge is 0.271 e. The Morgan fingerprint density at radius 2 is 2.22 bits per heavy atom. The van der Waals surface area contributed by atoms with Gasteiger partial charge in [0.2, 0.25) is 11.7 Å². The van der Waals surface area contributed by atoms with Crippen molar-refractivity contribution >= 4 is 17.2 Å². The fraction of sp³-hybridized carbons (Fsp3) is 0.357. The van der Waals surface area contributed by atoms with Gasteiger partial charge in [-0.2, -0.15) is 4.98 Å². The van der Waals surface area contributed by atoms with Gasteiger partial charge >= 0.3 is 0 Å². The van der Waals surface area contributed by atoms with Crippen LogP contribution in [0.4, 0.5) is 0 Å². The summed E-state index contributed by atoms with van der Waals surface area (Å²) in [5.41, 5.74) is 0.932. The van der Waals surface area contributed by atoms with E-state index in [1.165, 1.54) is 11.3 Å². The summed E-state index contributed by atoms with van der Waals surface area (Å²) in [6.07, 6.45) is 2.27. The van der Waals surface area contributed by atoms with Crippen LogP contribution >= 0.6 is 11.3 Å². The third-order valence-corrected chi connectivity index (χ3v) is 4.23. The first kappa shape index (κ1) is 14.1. The minimum atomic E-state index is -0.272. The third kappa shape index (κ3) is 3.00. The quantitative estimate of drug-likeness (QED) is 0.764. The fourth-order valence-corrected chi connectivity index (χ4v) is 2.69. The van der Waals surface area contributed by atoms with Gasteiger partial charge in [0.05, 0.1) is 11.6 Å². The van der Waals surface area contributed by atoms with Gasteiger partial charge in [0.15, 0.2) is 5.69 Å². The minimum Gasteiger partial charge on any atom is -0.360 e. The van der Waals surface area contributed by atoms with Crippen molar-refractivity contribution in [2.75, 3.05) is 0 Å². The van der Waals surface area contributed by atoms with Crippen molar-refractivity contribution in [3.8, 4) is 11.5 Å². The van der Waals surface area contributed by atoms with Gasteiger partial charge in [0, 0.05) is 17.4 Å². The molecule has 1 fully saturated rings. The second-order valence-corrected chi connectivity index (χ2v) is 6.40. The van der Waals surface area contributed by atoms with Crippen LogP contribution in [0, 0.1) is 6.92 Å². The van der Waals surface area contributed by atoms with E-state index in [-0.39, 0.29) is 12.5 Å². The monoisotopic (exact) mass is 331 g/mol. The molecular weight excluding hydrogens is 318 g/mol. The van der Waals surface area contributed by atoms with E-state index in [1.807, 2.05) is 13.0 Å². The molecule has 1 amide bonds. The second kappa shape index (κ2) is 5.58. The van der Waals surface area contributed by atoms with E-state index in [1.54, 1.807) is 5.38 Å². The number of amides is 1. The molecule has 118 valence electrons. The van der Waals surface area contributed by atoms with Gasteiger partial charge in [-0.3, -0.25) is 4.79 Å². The van der Waals surface area contributed by atoms with E-state index in [9.17, 15) is 4.79 Å². The molecule has 23 heavy (non-hydrogen) atoms. The molecule has 1 aliphatic rings. The first-order valence-corrected chi connectivity index (χ1v) is 8.07. The molecule has 0 bridgehead atoms. The summed E-state index contributed by atoms with van der Waals surface area (Å²) in [7, 11) is 0. The largest absolute Gasteiger partial charge is 0.360 e. The maximum atomic E-state index is 11.9. The van der Waals surface area contributed by atoms with Crippen molar-refractivity contribution in [1.29, 1.82) is 0 Å². The SMILES string of the molecule is Cc1nc(C(=O)NCc2nc(-c3cc(C4CC4)on3)no2)cs1. The summed E-state index contributed by atoms with van der Waals surface area (Å²) in [4.78, 5) is 20.2. The lowest BCUT2D eigenvalue weighted by Crippen LogP contribution is -2.23. The number of hydrogen-bond donors (Lipinski definition) is 1. The van der Waals surface area contributed by atoms with E-state index in [2.05, 4.69) is 25.6 Å². The molecule has 4 rings (SSSR count). The number of nitrogens with one attached hydrogen (secondary N) is 1. The summed E-state index contributed by atoms with van der Waals surface area (Å²) in [6, 6.07) is 1.84. The summed E-state index contributed by atoms with van der Waals surface area (Å²) in [5, 5.41) is 13.1. The fourth-order valence-electron chi connectivity index (χ4n) is 2.10. The number of carbonyl (C=O) groups excluding carboxylic acids is 1. The molecule has 3 aromatic heterocycles. The Labute approximate surface area is 134 Å². The van der Waals surface area contributed by atoms with Crippen LogP contribution in [0.1, 0.15) is 45.9 Å². The Hall–Kier alpha value is -2.55. The van der Waals surface area contributed by atoms with Gasteiger partial charge in [-0.15, -0.1) is 11.3 Å². The summed E-state index contributed by atoms with van der Waals surface area (Å²) in [6.45, 7) is 1.98. The molecule has 0 spiro atoms. The third-order valence-electron chi connectivity index (χ3n) is 3.46. The maximum Gasteiger partial charge on any atom is 0.271 e. The lowest BCUT2D eigenvalue weighted by Gasteiger charge is -1.97. The van der Waals surface area contributed by atoms with Gasteiger partial charge < -0.3 is 14.4 Å². The van der Waals surface area contributed by atoms with Crippen molar-refractivity contribution in [3.05, 3.63) is 33.8 Å². The van der Waals surface area contributed by atoms with Crippen LogP contribution in [0.25, 0.3) is 11.5 Å². The van der Waals surface area contributed by atoms with Crippen LogP contribution in [0.2, 0.25) is 0 Å². The van der Waals surface area contributed by atoms with Crippen molar-refractivity contribution < 1.29 is 13.8 Å². The molecule has 0 atom stereocenters. The van der Waals surface area contributed by atoms with E-state index < -0.39 is 0 Å². The highest BCUT2D eigenvalue weighted by Crippen LogP contribution is 2.40. The molecule has 0 aliphatic heterocycles. The highest BCUT2D eigenvalue weighted by atomic mass is 32.1. The Kier molecular flexibility index (Phi) is 3.41. The molecule has 9 heteroatoms. The molecule has 1 saturated carbocycles. The van der Waals surface area contributed by atoms with Gasteiger partial charge in [0.1, 0.15) is 11.5 Å². The Morgan fingerprint density at radius 1 is 1.35 bits per heavy atom. The van der Waals surface area contributed by atoms with Crippen LogP contribution in [-0.2, 0) is 6.54 Å². The lowest BCUT2D eigenvalue weighted by molar-refractivity contribution is 0.0942. The molecular formula is C14H13N5O3S. The average molecular weight is 331 g/mol. The molecule has 0 aromatic carbocycles. The molecule has 0 saturated heterocycles. The highest BCUT2D eigenvalue weighted by molar-refractivity contribution is 7.09. The summed E-state index contributed by atoms with van der Waals surface area (Å²) in [5.74, 6) is 1.72. The first-order valence-electron chi connectivity index (χ1n) is 7.19. The number of nitrogens with zero attached hydrogens (tertiary/aromatic N) is 4. The van der Waals surface area contributed by atoms with Gasteiger partial charge in [-0.25, -0.2) is 4.98 Å². The Balaban J connectivity index is 1.40. The molecule has 3 aromatic rings. The van der Waals surface area contributed by atoms with E-state index in [0.29, 0.717) is 29.0 Å². The van der Waals surface area contributed by atoms with Crippen LogP contribution in [0.5, 0.6) is 0 Å². The molecule has 1 aliphatic carbocycles. The normalized spacial score (nSPS) is 14.1. The van der Waals surface area contributed by atoms with Crippen LogP contribution in [-0.4, -0.2) is 26.2 Å². The number of hydrogen-bond acceptors (Lipinski definition) is 8. The van der Waals surface area contributed by atoms with Crippen molar-refractivity contribution in [1.82, 2.24) is 25.6 Å². The van der Waals surface area contributed by atoms with E-state index >= 15 is 0 Å². The Bertz CT molecular complexity index is 848. The minimum absolute atomic E-state index is 0.135. The second-order valence-electron chi connectivity index (χ2n) is 5.33. The van der Waals surface area contributed by atoms with Crippen LogP contribution in [0.3, 0.4) is 0 Å². The Morgan fingerprint density at radius 3 is 2.96 bits per heavy atom. The zero-order valence-electron chi connectivity index (χ0n) is 12.3. The first-order chi connectivity index (χ1) is 11.2. The topological polar surface area (TPSA) is 107 Å². The molecule has 0 radical (unpaired) electrons. The maximum absolute atomic E-state index is 11.9. The van der Waals surface area contributed by atoms with Gasteiger partial charge in [-0.1, -0.05) is 10.3 Å². The molecule has 8 nitrogen and oxygen atoms in total. The number of aryl methyl sites for hydroxylation is 1. The summed E-state index contributed by atoms with van der Waals surface area (Å²) >= 11 is 1.42. The van der Waals surface area contributed by atoms with Crippen molar-refractivity contribution in [3.63, 3.8) is 0 Å².